The smallest absolute Gasteiger partial charge is 0.293 e. The van der Waals surface area contributed by atoms with Gasteiger partial charge in [-0.05, 0) is 41.6 Å². The molecule has 9 heteroatoms. The van der Waals surface area contributed by atoms with Crippen LogP contribution in [0.2, 0.25) is 0 Å². The minimum atomic E-state index is -0.356. The Morgan fingerprint density at radius 3 is 2.85 bits per heavy atom. The number of nitrogens with zero attached hydrogens (tertiary/aromatic N) is 3. The van der Waals surface area contributed by atoms with Gasteiger partial charge in [-0.15, -0.1) is 0 Å². The third-order valence-corrected chi connectivity index (χ3v) is 5.35. The SMILES string of the molecule is O=C(CSc1ccccn1)NCCN1C(=O)S/C(=C\c2cccnc2)C1=O. The van der Waals surface area contributed by atoms with Crippen molar-refractivity contribution < 1.29 is 14.4 Å². The molecule has 0 aliphatic carbocycles. The summed E-state index contributed by atoms with van der Waals surface area (Å²) in [6, 6.07) is 9.05. The summed E-state index contributed by atoms with van der Waals surface area (Å²) >= 11 is 2.21. The number of hydrogen-bond acceptors (Lipinski definition) is 7. The Morgan fingerprint density at radius 2 is 2.11 bits per heavy atom. The van der Waals surface area contributed by atoms with E-state index in [9.17, 15) is 14.4 Å². The first-order valence-corrected chi connectivity index (χ1v) is 9.89. The van der Waals surface area contributed by atoms with Crippen LogP contribution in [-0.4, -0.2) is 50.8 Å². The summed E-state index contributed by atoms with van der Waals surface area (Å²) in [4.78, 5) is 45.9. The van der Waals surface area contributed by atoms with Gasteiger partial charge in [-0.1, -0.05) is 23.9 Å². The summed E-state index contributed by atoms with van der Waals surface area (Å²) in [7, 11) is 0. The third kappa shape index (κ3) is 5.41. The second-order valence-electron chi connectivity index (χ2n) is 5.43. The summed E-state index contributed by atoms with van der Waals surface area (Å²) in [5, 5.41) is 3.14. The highest BCUT2D eigenvalue weighted by Crippen LogP contribution is 2.31. The fourth-order valence-electron chi connectivity index (χ4n) is 2.24. The molecule has 0 spiro atoms. The second-order valence-corrected chi connectivity index (χ2v) is 7.42. The maximum atomic E-state index is 12.4. The van der Waals surface area contributed by atoms with Crippen LogP contribution in [0.4, 0.5) is 4.79 Å². The Kier molecular flexibility index (Phi) is 6.61. The molecular weight excluding hydrogens is 384 g/mol. The van der Waals surface area contributed by atoms with Crippen LogP contribution >= 0.6 is 23.5 Å². The van der Waals surface area contributed by atoms with E-state index < -0.39 is 0 Å². The van der Waals surface area contributed by atoms with E-state index in [4.69, 9.17) is 0 Å². The Bertz CT molecular complexity index is 859. The molecule has 3 heterocycles. The molecule has 3 amide bonds. The number of carbonyl (C=O) groups excluding carboxylic acids is 3. The number of hydrogen-bond donors (Lipinski definition) is 1. The first-order valence-electron chi connectivity index (χ1n) is 8.09. The Balaban J connectivity index is 1.46. The number of rotatable bonds is 7. The first kappa shape index (κ1) is 19.1. The number of carbonyl (C=O) groups is 3. The van der Waals surface area contributed by atoms with E-state index in [2.05, 4.69) is 15.3 Å². The molecule has 1 aliphatic rings. The van der Waals surface area contributed by atoms with Crippen molar-refractivity contribution in [1.29, 1.82) is 0 Å². The number of thioether (sulfide) groups is 2. The van der Waals surface area contributed by atoms with Crippen LogP contribution in [-0.2, 0) is 9.59 Å². The molecule has 0 unspecified atom stereocenters. The van der Waals surface area contributed by atoms with Crippen molar-refractivity contribution in [3.05, 3.63) is 59.4 Å². The number of aromatic nitrogens is 2. The van der Waals surface area contributed by atoms with Gasteiger partial charge in [0.2, 0.25) is 5.91 Å². The van der Waals surface area contributed by atoms with Crippen LogP contribution in [0.5, 0.6) is 0 Å². The molecule has 1 saturated heterocycles. The van der Waals surface area contributed by atoms with Crippen molar-refractivity contribution >= 4 is 46.7 Å². The van der Waals surface area contributed by atoms with Crippen molar-refractivity contribution in [3.8, 4) is 0 Å². The zero-order valence-electron chi connectivity index (χ0n) is 14.2. The van der Waals surface area contributed by atoms with Crippen molar-refractivity contribution in [2.75, 3.05) is 18.8 Å². The van der Waals surface area contributed by atoms with Gasteiger partial charge in [-0.25, -0.2) is 4.98 Å². The predicted molar refractivity (Wildman–Crippen MR) is 105 cm³/mol. The summed E-state index contributed by atoms with van der Waals surface area (Å²) in [6.07, 6.45) is 6.56. The lowest BCUT2D eigenvalue weighted by Crippen LogP contribution is -2.37. The average molecular weight is 400 g/mol. The number of pyridine rings is 2. The molecule has 0 radical (unpaired) electrons. The van der Waals surface area contributed by atoms with E-state index >= 15 is 0 Å². The number of imide groups is 1. The van der Waals surface area contributed by atoms with Gasteiger partial charge in [0.1, 0.15) is 0 Å². The molecule has 138 valence electrons. The van der Waals surface area contributed by atoms with Crippen LogP contribution in [0.3, 0.4) is 0 Å². The molecule has 7 nitrogen and oxygen atoms in total. The zero-order chi connectivity index (χ0) is 19.1. The zero-order valence-corrected chi connectivity index (χ0v) is 15.8. The quantitative estimate of drug-likeness (QED) is 0.564. The fourth-order valence-corrected chi connectivity index (χ4v) is 3.79. The minimum absolute atomic E-state index is 0.134. The van der Waals surface area contributed by atoms with E-state index in [1.807, 2.05) is 18.2 Å². The van der Waals surface area contributed by atoms with Crippen LogP contribution in [0, 0.1) is 0 Å². The highest BCUT2D eigenvalue weighted by Gasteiger charge is 2.34. The lowest BCUT2D eigenvalue weighted by Gasteiger charge is -2.12. The van der Waals surface area contributed by atoms with Crippen LogP contribution < -0.4 is 5.32 Å². The van der Waals surface area contributed by atoms with Gasteiger partial charge in [-0.3, -0.25) is 24.3 Å². The molecule has 0 aromatic carbocycles. The van der Waals surface area contributed by atoms with Gasteiger partial charge in [-0.2, -0.15) is 0 Å². The highest BCUT2D eigenvalue weighted by atomic mass is 32.2. The average Bonchev–Trinajstić information content (AvgIpc) is 2.95. The van der Waals surface area contributed by atoms with Gasteiger partial charge < -0.3 is 5.32 Å². The first-order chi connectivity index (χ1) is 13.1. The summed E-state index contributed by atoms with van der Waals surface area (Å²) in [5.41, 5.74) is 0.753. The van der Waals surface area contributed by atoms with Gasteiger partial charge in [0, 0.05) is 31.7 Å². The Labute approximate surface area is 164 Å². The topological polar surface area (TPSA) is 92.3 Å². The molecule has 0 bridgehead atoms. The molecule has 1 N–H and O–H groups in total. The van der Waals surface area contributed by atoms with Gasteiger partial charge in [0.05, 0.1) is 15.7 Å². The van der Waals surface area contributed by atoms with E-state index in [1.54, 1.807) is 36.8 Å². The van der Waals surface area contributed by atoms with Crippen molar-refractivity contribution in [3.63, 3.8) is 0 Å². The summed E-state index contributed by atoms with van der Waals surface area (Å²) in [5.74, 6) is -0.311. The molecule has 2 aromatic heterocycles. The summed E-state index contributed by atoms with van der Waals surface area (Å²) in [6.45, 7) is 0.342. The van der Waals surface area contributed by atoms with Crippen LogP contribution in [0.25, 0.3) is 6.08 Å². The Morgan fingerprint density at radius 1 is 1.22 bits per heavy atom. The molecule has 0 atom stereocenters. The van der Waals surface area contributed by atoms with Crippen molar-refractivity contribution in [2.24, 2.45) is 0 Å². The van der Waals surface area contributed by atoms with Crippen LogP contribution in [0.1, 0.15) is 5.56 Å². The van der Waals surface area contributed by atoms with Crippen molar-refractivity contribution in [1.82, 2.24) is 20.2 Å². The van der Waals surface area contributed by atoms with Crippen LogP contribution in [0.15, 0.2) is 58.9 Å². The molecular formula is C18H16N4O3S2. The summed E-state index contributed by atoms with van der Waals surface area (Å²) < 4.78 is 0. The Hall–Kier alpha value is -2.65. The molecule has 0 saturated carbocycles. The predicted octanol–water partition coefficient (Wildman–Crippen LogP) is 2.42. The van der Waals surface area contributed by atoms with Crippen molar-refractivity contribution in [2.45, 2.75) is 5.03 Å². The number of amides is 3. The maximum Gasteiger partial charge on any atom is 0.293 e. The second kappa shape index (κ2) is 9.33. The van der Waals surface area contributed by atoms with Gasteiger partial charge in [0.15, 0.2) is 0 Å². The fraction of sp³-hybridized carbons (Fsp3) is 0.167. The highest BCUT2D eigenvalue weighted by molar-refractivity contribution is 8.18. The molecule has 3 rings (SSSR count). The van der Waals surface area contributed by atoms with E-state index in [0.717, 1.165) is 27.3 Å². The molecule has 1 aliphatic heterocycles. The van der Waals surface area contributed by atoms with Gasteiger partial charge in [0.25, 0.3) is 11.1 Å². The lowest BCUT2D eigenvalue weighted by molar-refractivity contribution is -0.123. The molecule has 27 heavy (non-hydrogen) atoms. The molecule has 1 fully saturated rings. The van der Waals surface area contributed by atoms with E-state index in [1.165, 1.54) is 11.8 Å². The maximum absolute atomic E-state index is 12.4. The minimum Gasteiger partial charge on any atom is -0.354 e. The monoisotopic (exact) mass is 400 g/mol. The third-order valence-electron chi connectivity index (χ3n) is 3.50. The van der Waals surface area contributed by atoms with Gasteiger partial charge >= 0.3 is 0 Å². The number of nitrogens with one attached hydrogen (secondary N) is 1. The molecule has 2 aromatic rings. The lowest BCUT2D eigenvalue weighted by atomic mass is 10.2. The standard InChI is InChI=1S/C18H16N4O3S2/c23-15(12-26-16-5-1-2-7-21-16)20-8-9-22-17(24)14(27-18(22)25)10-13-4-3-6-19-11-13/h1-7,10-11H,8-9,12H2,(H,20,23)/b14-10-. The largest absolute Gasteiger partial charge is 0.354 e. The van der Waals surface area contributed by atoms with E-state index in [-0.39, 0.29) is 35.9 Å². The van der Waals surface area contributed by atoms with E-state index in [0.29, 0.717) is 4.91 Å². The normalized spacial score (nSPS) is 15.4.